The number of hydrogen-bond acceptors (Lipinski definition) is 3. The van der Waals surface area contributed by atoms with Crippen molar-refractivity contribution in [3.8, 4) is 0 Å². The standard InChI is InChI=1S/C23H28ClN3O.ClH/c1-17-7-8-19(24)15-22(17)26-11-13-27(14-12-26)23(28)21-16-25-10-9-20(21)18-5-3-2-4-6-18;/h2-8,15,20-21,25H,9-14,16H2,1H3;1H/t20-,21-;/m1./s1. The summed E-state index contributed by atoms with van der Waals surface area (Å²) in [6.07, 6.45) is 1.02. The summed E-state index contributed by atoms with van der Waals surface area (Å²) in [5, 5.41) is 4.19. The second kappa shape index (κ2) is 9.84. The van der Waals surface area contributed by atoms with Gasteiger partial charge >= 0.3 is 0 Å². The molecule has 1 amide bonds. The fourth-order valence-corrected chi connectivity index (χ4v) is 4.71. The van der Waals surface area contributed by atoms with Crippen molar-refractivity contribution < 1.29 is 4.79 Å². The van der Waals surface area contributed by atoms with E-state index in [0.717, 1.165) is 50.7 Å². The predicted molar refractivity (Wildman–Crippen MR) is 122 cm³/mol. The number of nitrogens with zero attached hydrogens (tertiary/aromatic N) is 2. The molecule has 2 heterocycles. The summed E-state index contributed by atoms with van der Waals surface area (Å²) < 4.78 is 0. The zero-order valence-corrected chi connectivity index (χ0v) is 18.4. The lowest BCUT2D eigenvalue weighted by atomic mass is 9.80. The second-order valence-corrected chi connectivity index (χ2v) is 8.30. The van der Waals surface area contributed by atoms with Crippen LogP contribution in [0.5, 0.6) is 0 Å². The number of nitrogens with one attached hydrogen (secondary N) is 1. The number of carbonyl (C=O) groups is 1. The number of amides is 1. The molecule has 1 N–H and O–H groups in total. The average molecular weight is 434 g/mol. The molecule has 6 heteroatoms. The fourth-order valence-electron chi connectivity index (χ4n) is 4.54. The van der Waals surface area contributed by atoms with Crippen LogP contribution in [0.4, 0.5) is 5.69 Å². The van der Waals surface area contributed by atoms with Gasteiger partial charge in [0.15, 0.2) is 0 Å². The molecule has 2 aliphatic rings. The van der Waals surface area contributed by atoms with Crippen molar-refractivity contribution in [1.29, 1.82) is 0 Å². The van der Waals surface area contributed by atoms with Gasteiger partial charge in [0.05, 0.1) is 5.92 Å². The highest BCUT2D eigenvalue weighted by Gasteiger charge is 2.35. The maximum Gasteiger partial charge on any atom is 0.227 e. The van der Waals surface area contributed by atoms with Crippen LogP contribution in [0, 0.1) is 12.8 Å². The number of piperazine rings is 1. The lowest BCUT2D eigenvalue weighted by Gasteiger charge is -2.40. The van der Waals surface area contributed by atoms with E-state index in [4.69, 9.17) is 11.6 Å². The quantitative estimate of drug-likeness (QED) is 0.790. The summed E-state index contributed by atoms with van der Waals surface area (Å²) in [6.45, 7) is 7.09. The Hall–Kier alpha value is -1.75. The Morgan fingerprint density at radius 2 is 1.79 bits per heavy atom. The molecule has 0 radical (unpaired) electrons. The van der Waals surface area contributed by atoms with Crippen LogP contribution < -0.4 is 10.2 Å². The van der Waals surface area contributed by atoms with Gasteiger partial charge in [-0.25, -0.2) is 0 Å². The molecular weight excluding hydrogens is 405 g/mol. The molecule has 156 valence electrons. The number of aryl methyl sites for hydroxylation is 1. The Balaban J connectivity index is 0.00000240. The van der Waals surface area contributed by atoms with E-state index < -0.39 is 0 Å². The molecule has 4 nitrogen and oxygen atoms in total. The van der Waals surface area contributed by atoms with Gasteiger partial charge in [-0.2, -0.15) is 0 Å². The summed E-state index contributed by atoms with van der Waals surface area (Å²) in [5.74, 6) is 0.627. The van der Waals surface area contributed by atoms with E-state index >= 15 is 0 Å². The SMILES string of the molecule is Cc1ccc(Cl)cc1N1CCN(C(=O)[C@@H]2CNCC[C@@H]2c2ccccc2)CC1.Cl. The number of rotatable bonds is 3. The second-order valence-electron chi connectivity index (χ2n) is 7.86. The Morgan fingerprint density at radius 3 is 2.52 bits per heavy atom. The molecule has 2 aromatic carbocycles. The Bertz CT molecular complexity index is 822. The van der Waals surface area contributed by atoms with Crippen LogP contribution in [0.25, 0.3) is 0 Å². The number of anilines is 1. The predicted octanol–water partition coefficient (Wildman–Crippen LogP) is 4.11. The number of hydrogen-bond donors (Lipinski definition) is 1. The van der Waals surface area contributed by atoms with Crippen molar-refractivity contribution in [2.75, 3.05) is 44.2 Å². The number of piperidine rings is 1. The van der Waals surface area contributed by atoms with Crippen LogP contribution >= 0.6 is 24.0 Å². The van der Waals surface area contributed by atoms with Gasteiger partial charge in [-0.05, 0) is 49.1 Å². The molecule has 0 spiro atoms. The minimum Gasteiger partial charge on any atom is -0.368 e. The van der Waals surface area contributed by atoms with Gasteiger partial charge in [-0.15, -0.1) is 12.4 Å². The molecule has 0 bridgehead atoms. The summed E-state index contributed by atoms with van der Waals surface area (Å²) in [7, 11) is 0. The largest absolute Gasteiger partial charge is 0.368 e. The van der Waals surface area contributed by atoms with E-state index in [1.165, 1.54) is 16.8 Å². The van der Waals surface area contributed by atoms with Crippen molar-refractivity contribution in [2.45, 2.75) is 19.3 Å². The Morgan fingerprint density at radius 1 is 1.07 bits per heavy atom. The molecule has 2 fully saturated rings. The fraction of sp³-hybridized carbons (Fsp3) is 0.435. The van der Waals surface area contributed by atoms with Gasteiger partial charge in [-0.1, -0.05) is 48.0 Å². The van der Waals surface area contributed by atoms with Crippen LogP contribution in [0.15, 0.2) is 48.5 Å². The van der Waals surface area contributed by atoms with E-state index in [9.17, 15) is 4.79 Å². The molecule has 4 rings (SSSR count). The maximum atomic E-state index is 13.3. The molecule has 2 aliphatic heterocycles. The highest BCUT2D eigenvalue weighted by Crippen LogP contribution is 2.32. The van der Waals surface area contributed by atoms with Crippen molar-refractivity contribution in [1.82, 2.24) is 10.2 Å². The zero-order valence-electron chi connectivity index (χ0n) is 16.8. The summed E-state index contributed by atoms with van der Waals surface area (Å²) in [4.78, 5) is 17.8. The first-order valence-corrected chi connectivity index (χ1v) is 10.6. The van der Waals surface area contributed by atoms with E-state index in [1.807, 2.05) is 18.2 Å². The minimum atomic E-state index is 0. The van der Waals surface area contributed by atoms with Crippen LogP contribution in [0.1, 0.15) is 23.5 Å². The van der Waals surface area contributed by atoms with Crippen LogP contribution in [-0.2, 0) is 4.79 Å². The van der Waals surface area contributed by atoms with Crippen molar-refractivity contribution in [3.63, 3.8) is 0 Å². The van der Waals surface area contributed by atoms with E-state index in [0.29, 0.717) is 11.8 Å². The lowest BCUT2D eigenvalue weighted by Crippen LogP contribution is -2.53. The van der Waals surface area contributed by atoms with Gasteiger partial charge in [0, 0.05) is 43.4 Å². The minimum absolute atomic E-state index is 0. The molecule has 0 unspecified atom stereocenters. The topological polar surface area (TPSA) is 35.6 Å². The summed E-state index contributed by atoms with van der Waals surface area (Å²) >= 11 is 6.19. The highest BCUT2D eigenvalue weighted by atomic mass is 35.5. The first-order valence-electron chi connectivity index (χ1n) is 10.2. The number of benzene rings is 2. The first kappa shape index (κ1) is 21.9. The van der Waals surface area contributed by atoms with E-state index in [1.54, 1.807) is 0 Å². The molecule has 0 saturated carbocycles. The van der Waals surface area contributed by atoms with Crippen molar-refractivity contribution in [2.24, 2.45) is 5.92 Å². The lowest BCUT2D eigenvalue weighted by molar-refractivity contribution is -0.137. The summed E-state index contributed by atoms with van der Waals surface area (Å²) in [5.41, 5.74) is 3.70. The molecule has 2 aromatic rings. The maximum absolute atomic E-state index is 13.3. The third-order valence-corrected chi connectivity index (χ3v) is 6.37. The van der Waals surface area contributed by atoms with Gasteiger partial charge < -0.3 is 15.1 Å². The zero-order chi connectivity index (χ0) is 19.5. The Kier molecular flexibility index (Phi) is 7.44. The van der Waals surface area contributed by atoms with Gasteiger partial charge in [-0.3, -0.25) is 4.79 Å². The Labute approximate surface area is 184 Å². The molecule has 29 heavy (non-hydrogen) atoms. The monoisotopic (exact) mass is 433 g/mol. The van der Waals surface area contributed by atoms with Crippen molar-refractivity contribution in [3.05, 3.63) is 64.7 Å². The third-order valence-electron chi connectivity index (χ3n) is 6.13. The normalized spacial score (nSPS) is 22.1. The molecule has 0 aromatic heterocycles. The smallest absolute Gasteiger partial charge is 0.227 e. The van der Waals surface area contributed by atoms with Crippen molar-refractivity contribution >= 4 is 35.6 Å². The molecule has 2 saturated heterocycles. The summed E-state index contributed by atoms with van der Waals surface area (Å²) in [6, 6.07) is 16.5. The number of carbonyl (C=O) groups excluding carboxylic acids is 1. The van der Waals surface area contributed by atoms with E-state index in [2.05, 4.69) is 52.4 Å². The number of halogens is 2. The average Bonchev–Trinajstić information content (AvgIpc) is 2.76. The van der Waals surface area contributed by atoms with E-state index in [-0.39, 0.29) is 18.3 Å². The highest BCUT2D eigenvalue weighted by molar-refractivity contribution is 6.30. The first-order chi connectivity index (χ1) is 13.6. The van der Waals surface area contributed by atoms with Crippen LogP contribution in [0.3, 0.4) is 0 Å². The van der Waals surface area contributed by atoms with Gasteiger partial charge in [0.2, 0.25) is 5.91 Å². The van der Waals surface area contributed by atoms with Gasteiger partial charge in [0.25, 0.3) is 0 Å². The van der Waals surface area contributed by atoms with Crippen LogP contribution in [-0.4, -0.2) is 50.1 Å². The molecule has 0 aliphatic carbocycles. The van der Waals surface area contributed by atoms with Gasteiger partial charge in [0.1, 0.15) is 0 Å². The molecule has 2 atom stereocenters. The molecular formula is C23H29Cl2N3O. The third kappa shape index (κ3) is 4.88. The van der Waals surface area contributed by atoms with Crippen LogP contribution in [0.2, 0.25) is 5.02 Å².